The molecule has 0 saturated heterocycles. The fraction of sp³-hybridized carbons (Fsp3) is 0.612. The first-order valence-electron chi connectivity index (χ1n) is 21.7. The van der Waals surface area contributed by atoms with Gasteiger partial charge in [0.1, 0.15) is 23.4 Å². The van der Waals surface area contributed by atoms with Gasteiger partial charge in [0.25, 0.3) is 0 Å². The first-order chi connectivity index (χ1) is 26.5. The topological polar surface area (TPSA) is 65.0 Å². The van der Waals surface area contributed by atoms with Gasteiger partial charge in [0.15, 0.2) is 0 Å². The van der Waals surface area contributed by atoms with Crippen molar-refractivity contribution in [2.45, 2.75) is 137 Å². The Bertz CT molecular complexity index is 1800. The van der Waals surface area contributed by atoms with Crippen LogP contribution in [0.4, 0.5) is 0 Å². The lowest BCUT2D eigenvalue weighted by Gasteiger charge is -2.34. The third kappa shape index (κ3) is 9.19. The van der Waals surface area contributed by atoms with Crippen LogP contribution in [0.1, 0.15) is 140 Å². The van der Waals surface area contributed by atoms with Crippen LogP contribution in [0.25, 0.3) is 11.1 Å². The second-order valence-corrected chi connectivity index (χ2v) is 18.6. The van der Waals surface area contributed by atoms with Crippen molar-refractivity contribution in [2.24, 2.45) is 40.9 Å². The molecule has 3 fully saturated rings. The molecule has 3 saturated carbocycles. The van der Waals surface area contributed by atoms with Gasteiger partial charge in [-0.1, -0.05) is 88.4 Å². The van der Waals surface area contributed by atoms with Crippen LogP contribution in [0.15, 0.2) is 48.5 Å². The summed E-state index contributed by atoms with van der Waals surface area (Å²) in [6.07, 6.45) is 16.3. The predicted octanol–water partition coefficient (Wildman–Crippen LogP) is 13.3. The Balaban J connectivity index is 1.00. The fourth-order valence-electron chi connectivity index (χ4n) is 10.8. The van der Waals surface area contributed by atoms with Crippen molar-refractivity contribution in [2.75, 3.05) is 13.2 Å². The van der Waals surface area contributed by atoms with Gasteiger partial charge in [-0.25, -0.2) is 0 Å². The molecule has 3 aromatic carbocycles. The van der Waals surface area contributed by atoms with Crippen LogP contribution in [0.5, 0.6) is 17.2 Å². The fourth-order valence-corrected chi connectivity index (χ4v) is 11.1. The molecule has 298 valence electrons. The van der Waals surface area contributed by atoms with E-state index in [4.69, 9.17) is 25.8 Å². The number of carboxylic acid groups (broad SMARTS) is 1. The van der Waals surface area contributed by atoms with Crippen LogP contribution in [0.2, 0.25) is 5.02 Å². The second-order valence-electron chi connectivity index (χ2n) is 18.2. The van der Waals surface area contributed by atoms with E-state index >= 15 is 0 Å². The highest BCUT2D eigenvalue weighted by Gasteiger charge is 2.54. The normalized spacial score (nSPS) is 28.0. The molecule has 4 unspecified atom stereocenters. The van der Waals surface area contributed by atoms with Gasteiger partial charge < -0.3 is 19.3 Å². The van der Waals surface area contributed by atoms with E-state index in [2.05, 4.69) is 70.2 Å². The van der Waals surface area contributed by atoms with E-state index in [-0.39, 0.29) is 17.4 Å². The van der Waals surface area contributed by atoms with Gasteiger partial charge in [-0.3, -0.25) is 4.79 Å². The zero-order valence-electron chi connectivity index (χ0n) is 34.1. The maximum atomic E-state index is 11.9. The molecule has 0 heterocycles. The molecule has 0 bridgehead atoms. The standard InChI is InChI=1S/C49H65ClO5/c1-6-53-46-28-47(43(50)27-37(46)29-49-22-8-7-13-35(48(51)52)26-38(49)30-49)55-45-21-20-41-40(15-9-16-42(41)45)39-14-10-17-44(34(39)5)54-23-11-12-31(2)24-36-25-32(3)18-19-33(36)4/h9-10,14-17,27-28,31-33,35-36,38,45H,6-8,11-13,18-26,29-30H2,1-5H3,(H,51,52)/t31?,32-,33-,35+,36?,38?,45+,49?/m1/s1. The molecule has 5 nitrogen and oxygen atoms in total. The third-order valence-electron chi connectivity index (χ3n) is 14.2. The van der Waals surface area contributed by atoms with Gasteiger partial charge in [0, 0.05) is 6.07 Å². The summed E-state index contributed by atoms with van der Waals surface area (Å²) in [6, 6.07) is 17.2. The first-order valence-corrected chi connectivity index (χ1v) is 22.1. The largest absolute Gasteiger partial charge is 0.493 e. The van der Waals surface area contributed by atoms with E-state index in [0.29, 0.717) is 23.3 Å². The lowest BCUT2D eigenvalue weighted by molar-refractivity contribution is -0.142. The van der Waals surface area contributed by atoms with Crippen molar-refractivity contribution in [1.82, 2.24) is 0 Å². The lowest BCUT2D eigenvalue weighted by Crippen LogP contribution is -2.23. The van der Waals surface area contributed by atoms with Gasteiger partial charge in [0.2, 0.25) is 0 Å². The predicted molar refractivity (Wildman–Crippen MR) is 224 cm³/mol. The Morgan fingerprint density at radius 2 is 1.78 bits per heavy atom. The minimum Gasteiger partial charge on any atom is -0.493 e. The number of aliphatic carboxylic acids is 1. The molecule has 4 aliphatic carbocycles. The zero-order chi connectivity index (χ0) is 38.7. The summed E-state index contributed by atoms with van der Waals surface area (Å²) in [5.74, 6) is 5.46. The van der Waals surface area contributed by atoms with Gasteiger partial charge in [-0.2, -0.15) is 0 Å². The summed E-state index contributed by atoms with van der Waals surface area (Å²) in [5.41, 5.74) is 7.50. The number of carboxylic acids is 1. The number of fused-ring (bicyclic) bond motifs is 2. The average molecular weight is 770 g/mol. The molecule has 4 aliphatic rings. The van der Waals surface area contributed by atoms with Crippen molar-refractivity contribution in [3.05, 3.63) is 75.8 Å². The van der Waals surface area contributed by atoms with Gasteiger partial charge in [-0.05, 0) is 165 Å². The molecule has 0 spiro atoms. The average Bonchev–Trinajstić information content (AvgIpc) is 3.62. The summed E-state index contributed by atoms with van der Waals surface area (Å²) in [5, 5.41) is 10.4. The maximum absolute atomic E-state index is 11.9. The summed E-state index contributed by atoms with van der Waals surface area (Å²) < 4.78 is 19.5. The number of benzene rings is 3. The summed E-state index contributed by atoms with van der Waals surface area (Å²) in [7, 11) is 0. The molecule has 7 rings (SSSR count). The number of hydrogen-bond donors (Lipinski definition) is 1. The number of hydrogen-bond acceptors (Lipinski definition) is 4. The van der Waals surface area contributed by atoms with Crippen LogP contribution < -0.4 is 14.2 Å². The first kappa shape index (κ1) is 40.0. The molecule has 1 N–H and O–H groups in total. The number of rotatable bonds is 15. The van der Waals surface area contributed by atoms with Gasteiger partial charge in [0.05, 0.1) is 24.2 Å². The Labute approximate surface area is 335 Å². The van der Waals surface area contributed by atoms with Crippen LogP contribution in [0, 0.1) is 47.8 Å². The van der Waals surface area contributed by atoms with E-state index in [1.165, 1.54) is 59.9 Å². The van der Waals surface area contributed by atoms with E-state index in [1.807, 2.05) is 13.0 Å². The molecule has 0 aromatic heterocycles. The smallest absolute Gasteiger partial charge is 0.306 e. The van der Waals surface area contributed by atoms with Crippen molar-refractivity contribution < 1.29 is 24.1 Å². The minimum atomic E-state index is -0.639. The van der Waals surface area contributed by atoms with Crippen molar-refractivity contribution in [1.29, 1.82) is 0 Å². The van der Waals surface area contributed by atoms with Crippen molar-refractivity contribution in [3.63, 3.8) is 0 Å². The van der Waals surface area contributed by atoms with Gasteiger partial charge in [-0.15, -0.1) is 0 Å². The minimum absolute atomic E-state index is 0.0979. The molecule has 0 radical (unpaired) electrons. The molecular weight excluding hydrogens is 704 g/mol. The number of halogens is 1. The van der Waals surface area contributed by atoms with Crippen LogP contribution in [-0.4, -0.2) is 24.3 Å². The molecule has 8 atom stereocenters. The Hall–Kier alpha value is -3.18. The lowest BCUT2D eigenvalue weighted by atomic mass is 9.72. The molecule has 0 aliphatic heterocycles. The van der Waals surface area contributed by atoms with Crippen LogP contribution in [-0.2, 0) is 17.6 Å². The zero-order valence-corrected chi connectivity index (χ0v) is 34.9. The van der Waals surface area contributed by atoms with Crippen molar-refractivity contribution >= 4 is 17.6 Å². The maximum Gasteiger partial charge on any atom is 0.306 e. The van der Waals surface area contributed by atoms with E-state index in [9.17, 15) is 9.90 Å². The summed E-state index contributed by atoms with van der Waals surface area (Å²) in [6.45, 7) is 12.9. The Morgan fingerprint density at radius 1 is 0.964 bits per heavy atom. The Morgan fingerprint density at radius 3 is 2.60 bits per heavy atom. The summed E-state index contributed by atoms with van der Waals surface area (Å²) in [4.78, 5) is 11.9. The van der Waals surface area contributed by atoms with E-state index in [0.717, 1.165) is 112 Å². The highest BCUT2D eigenvalue weighted by atomic mass is 35.5. The third-order valence-corrected chi connectivity index (χ3v) is 14.5. The molecule has 3 aromatic rings. The SMILES string of the molecule is CCOc1cc(O[C@H]2CCc3c(-c4cccc(OCCCC(C)CC5C[C@H](C)CC[C@H]5C)c4C)cccc32)c(Cl)cc1CC12CCCC[C@H](C(=O)O)CC1C2. The van der Waals surface area contributed by atoms with Crippen LogP contribution in [0.3, 0.4) is 0 Å². The second kappa shape index (κ2) is 17.5. The number of carbonyl (C=O) groups is 1. The molecular formula is C49H65ClO5. The number of ether oxygens (including phenoxy) is 3. The van der Waals surface area contributed by atoms with Crippen LogP contribution >= 0.6 is 11.6 Å². The van der Waals surface area contributed by atoms with E-state index in [1.54, 1.807) is 0 Å². The highest BCUT2D eigenvalue weighted by molar-refractivity contribution is 6.32. The molecule has 55 heavy (non-hydrogen) atoms. The van der Waals surface area contributed by atoms with Gasteiger partial charge >= 0.3 is 5.97 Å². The van der Waals surface area contributed by atoms with E-state index < -0.39 is 5.97 Å². The molecule has 0 amide bonds. The molecule has 6 heteroatoms. The highest BCUT2D eigenvalue weighted by Crippen LogP contribution is 2.62. The van der Waals surface area contributed by atoms with Crippen molar-refractivity contribution in [3.8, 4) is 28.4 Å². The monoisotopic (exact) mass is 768 g/mol. The quantitative estimate of drug-likeness (QED) is 0.156. The Kier molecular flexibility index (Phi) is 12.8. The summed E-state index contributed by atoms with van der Waals surface area (Å²) >= 11 is 7.02.